The molecule has 202 valence electrons. The molecular formula is C35H31N5O. The maximum absolute atomic E-state index is 6.66. The van der Waals surface area contributed by atoms with Crippen LogP contribution in [-0.4, -0.2) is 24.7 Å². The molecule has 6 heteroatoms. The SMILES string of the molecule is Cc1cccc(-c2ccc3c(c2)oc2c(-c4nc5nncnc5n4-c4c(C(C)C)cccc4C(C)C)cccc23)c1. The number of rotatable bonds is 5. The molecule has 0 spiro atoms. The maximum atomic E-state index is 6.66. The van der Waals surface area contributed by atoms with E-state index in [-0.39, 0.29) is 0 Å². The van der Waals surface area contributed by atoms with Gasteiger partial charge >= 0.3 is 0 Å². The maximum Gasteiger partial charge on any atom is 0.220 e. The first-order chi connectivity index (χ1) is 19.9. The summed E-state index contributed by atoms with van der Waals surface area (Å²) < 4.78 is 8.82. The third-order valence-corrected chi connectivity index (χ3v) is 7.88. The summed E-state index contributed by atoms with van der Waals surface area (Å²) in [4.78, 5) is 9.70. The number of nitrogens with zero attached hydrogens (tertiary/aromatic N) is 5. The number of aromatic nitrogens is 5. The smallest absolute Gasteiger partial charge is 0.220 e. The summed E-state index contributed by atoms with van der Waals surface area (Å²) in [5.74, 6) is 1.34. The van der Waals surface area contributed by atoms with Gasteiger partial charge in [0.25, 0.3) is 0 Å². The van der Waals surface area contributed by atoms with Crippen molar-refractivity contribution in [3.63, 3.8) is 0 Å². The van der Waals surface area contributed by atoms with Crippen LogP contribution in [0.25, 0.3) is 61.4 Å². The van der Waals surface area contributed by atoms with Gasteiger partial charge in [0.2, 0.25) is 5.65 Å². The molecule has 0 unspecified atom stereocenters. The van der Waals surface area contributed by atoms with Gasteiger partial charge < -0.3 is 4.42 Å². The van der Waals surface area contributed by atoms with Gasteiger partial charge in [-0.3, -0.25) is 4.57 Å². The van der Waals surface area contributed by atoms with Gasteiger partial charge in [-0.1, -0.05) is 93.9 Å². The van der Waals surface area contributed by atoms with Crippen LogP contribution in [-0.2, 0) is 0 Å². The van der Waals surface area contributed by atoms with Crippen molar-refractivity contribution in [1.82, 2.24) is 24.7 Å². The molecule has 6 nitrogen and oxygen atoms in total. The normalized spacial score (nSPS) is 12.0. The fourth-order valence-corrected chi connectivity index (χ4v) is 5.89. The van der Waals surface area contributed by atoms with E-state index >= 15 is 0 Å². The molecular weight excluding hydrogens is 506 g/mol. The Morgan fingerprint density at radius 2 is 1.49 bits per heavy atom. The number of imidazole rings is 1. The summed E-state index contributed by atoms with van der Waals surface area (Å²) in [5.41, 5.74) is 10.8. The van der Waals surface area contributed by atoms with E-state index in [9.17, 15) is 0 Å². The first kappa shape index (κ1) is 25.1. The van der Waals surface area contributed by atoms with E-state index in [1.54, 1.807) is 0 Å². The Labute approximate surface area is 238 Å². The van der Waals surface area contributed by atoms with Gasteiger partial charge in [0.05, 0.1) is 11.3 Å². The van der Waals surface area contributed by atoms with Crippen LogP contribution in [0.4, 0.5) is 0 Å². The van der Waals surface area contributed by atoms with Crippen LogP contribution in [0.5, 0.6) is 0 Å². The molecule has 0 radical (unpaired) electrons. The third kappa shape index (κ3) is 4.10. The molecule has 0 N–H and O–H groups in total. The van der Waals surface area contributed by atoms with Crippen LogP contribution in [0.1, 0.15) is 56.2 Å². The number of benzene rings is 4. The first-order valence-corrected chi connectivity index (χ1v) is 14.1. The fourth-order valence-electron chi connectivity index (χ4n) is 5.89. The van der Waals surface area contributed by atoms with Crippen molar-refractivity contribution in [2.24, 2.45) is 0 Å². The Kier molecular flexibility index (Phi) is 5.93. The van der Waals surface area contributed by atoms with E-state index in [0.717, 1.165) is 44.6 Å². The van der Waals surface area contributed by atoms with Gasteiger partial charge in [-0.2, -0.15) is 0 Å². The lowest BCUT2D eigenvalue weighted by atomic mass is 9.92. The van der Waals surface area contributed by atoms with Crippen molar-refractivity contribution < 1.29 is 4.42 Å². The summed E-state index contributed by atoms with van der Waals surface area (Å²) in [6.45, 7) is 11.0. The van der Waals surface area contributed by atoms with Gasteiger partial charge in [-0.25, -0.2) is 9.97 Å². The molecule has 7 rings (SSSR count). The molecule has 0 saturated carbocycles. The second kappa shape index (κ2) is 9.66. The van der Waals surface area contributed by atoms with Crippen molar-refractivity contribution in [3.8, 4) is 28.2 Å². The molecule has 0 atom stereocenters. The molecule has 0 saturated heterocycles. The zero-order valence-electron chi connectivity index (χ0n) is 23.9. The number of hydrogen-bond donors (Lipinski definition) is 0. The molecule has 41 heavy (non-hydrogen) atoms. The zero-order chi connectivity index (χ0) is 28.2. The second-order valence-electron chi connectivity index (χ2n) is 11.3. The van der Waals surface area contributed by atoms with Gasteiger partial charge in [0.1, 0.15) is 17.5 Å². The number of fused-ring (bicyclic) bond motifs is 4. The number of para-hydroxylation sites is 2. The molecule has 0 bridgehead atoms. The molecule has 0 aliphatic heterocycles. The van der Waals surface area contributed by atoms with Crippen LogP contribution in [0.2, 0.25) is 0 Å². The lowest BCUT2D eigenvalue weighted by Crippen LogP contribution is -2.09. The highest BCUT2D eigenvalue weighted by Crippen LogP contribution is 2.41. The molecule has 0 aliphatic carbocycles. The van der Waals surface area contributed by atoms with E-state index in [2.05, 4.69) is 133 Å². The lowest BCUT2D eigenvalue weighted by Gasteiger charge is -2.22. The fraction of sp³-hybridized carbons (Fsp3) is 0.200. The molecule has 3 aromatic heterocycles. The molecule has 0 aliphatic rings. The largest absolute Gasteiger partial charge is 0.455 e. The van der Waals surface area contributed by atoms with Crippen LogP contribution in [0, 0.1) is 6.92 Å². The Balaban J connectivity index is 1.53. The minimum Gasteiger partial charge on any atom is -0.455 e. The Morgan fingerprint density at radius 3 is 2.24 bits per heavy atom. The lowest BCUT2D eigenvalue weighted by molar-refractivity contribution is 0.669. The quantitative estimate of drug-likeness (QED) is 0.219. The number of furan rings is 1. The molecule has 0 amide bonds. The Bertz CT molecular complexity index is 2060. The first-order valence-electron chi connectivity index (χ1n) is 14.1. The van der Waals surface area contributed by atoms with Crippen LogP contribution < -0.4 is 0 Å². The highest BCUT2D eigenvalue weighted by molar-refractivity contribution is 6.10. The third-order valence-electron chi connectivity index (χ3n) is 7.88. The predicted octanol–water partition coefficient (Wildman–Crippen LogP) is 9.00. The van der Waals surface area contributed by atoms with Crippen LogP contribution >= 0.6 is 0 Å². The number of aryl methyl sites for hydroxylation is 1. The highest BCUT2D eigenvalue weighted by Gasteiger charge is 2.25. The van der Waals surface area contributed by atoms with Crippen molar-refractivity contribution in [2.45, 2.75) is 46.5 Å². The van der Waals surface area contributed by atoms with Crippen molar-refractivity contribution >= 4 is 33.2 Å². The standard InChI is InChI=1S/C35H31N5O/c1-20(2)25-11-7-12-26(21(3)4)31(25)40-34(38-33-35(40)36-19-37-39-33)29-14-8-13-28-27-16-15-24(18-30(27)41-32(28)29)23-10-6-9-22(5)17-23/h6-21H,1-5H3. The van der Waals surface area contributed by atoms with Crippen molar-refractivity contribution in [1.29, 1.82) is 0 Å². The van der Waals surface area contributed by atoms with Gasteiger partial charge in [0.15, 0.2) is 11.5 Å². The van der Waals surface area contributed by atoms with Crippen molar-refractivity contribution in [2.75, 3.05) is 0 Å². The Hall–Kier alpha value is -4.84. The van der Waals surface area contributed by atoms with Gasteiger partial charge in [0, 0.05) is 10.8 Å². The van der Waals surface area contributed by atoms with Crippen LogP contribution in [0.3, 0.4) is 0 Å². The monoisotopic (exact) mass is 537 g/mol. The van der Waals surface area contributed by atoms with E-state index in [1.807, 2.05) is 0 Å². The van der Waals surface area contributed by atoms with E-state index in [1.165, 1.54) is 28.6 Å². The summed E-state index contributed by atoms with van der Waals surface area (Å²) in [5, 5.41) is 10.5. The molecule has 0 fully saturated rings. The average molecular weight is 538 g/mol. The topological polar surface area (TPSA) is 69.6 Å². The summed E-state index contributed by atoms with van der Waals surface area (Å²) >= 11 is 0. The summed E-state index contributed by atoms with van der Waals surface area (Å²) in [6.07, 6.45) is 1.49. The Morgan fingerprint density at radius 1 is 0.756 bits per heavy atom. The molecule has 3 heterocycles. The average Bonchev–Trinajstić information content (AvgIpc) is 3.54. The minimum atomic E-state index is 0.297. The second-order valence-corrected chi connectivity index (χ2v) is 11.3. The minimum absolute atomic E-state index is 0.297. The van der Waals surface area contributed by atoms with E-state index in [4.69, 9.17) is 9.40 Å². The van der Waals surface area contributed by atoms with Crippen LogP contribution in [0.15, 0.2) is 89.6 Å². The molecule has 4 aromatic carbocycles. The van der Waals surface area contributed by atoms with E-state index in [0.29, 0.717) is 23.1 Å². The zero-order valence-corrected chi connectivity index (χ0v) is 23.9. The highest BCUT2D eigenvalue weighted by atomic mass is 16.3. The van der Waals surface area contributed by atoms with Gasteiger partial charge in [-0.05, 0) is 59.2 Å². The summed E-state index contributed by atoms with van der Waals surface area (Å²) in [6, 6.07) is 27.8. The van der Waals surface area contributed by atoms with Gasteiger partial charge in [-0.15, -0.1) is 10.2 Å². The predicted molar refractivity (Wildman–Crippen MR) is 166 cm³/mol. The van der Waals surface area contributed by atoms with E-state index < -0.39 is 0 Å². The number of hydrogen-bond acceptors (Lipinski definition) is 5. The molecule has 7 aromatic rings. The summed E-state index contributed by atoms with van der Waals surface area (Å²) in [7, 11) is 0. The van der Waals surface area contributed by atoms with Crippen molar-refractivity contribution in [3.05, 3.63) is 102 Å².